The summed E-state index contributed by atoms with van der Waals surface area (Å²) in [5, 5.41) is 0.810. The Morgan fingerprint density at radius 2 is 2.29 bits per heavy atom. The lowest BCUT2D eigenvalue weighted by molar-refractivity contribution is 0.628. The summed E-state index contributed by atoms with van der Waals surface area (Å²) in [5.74, 6) is -0.244. The monoisotopic (exact) mass is 208 g/mol. The maximum atomic E-state index is 12.9. The van der Waals surface area contributed by atoms with Crippen LogP contribution < -0.4 is 5.73 Å². The maximum Gasteiger partial charge on any atom is 0.123 e. The van der Waals surface area contributed by atoms with Crippen molar-refractivity contribution in [1.29, 1.82) is 0 Å². The van der Waals surface area contributed by atoms with Crippen LogP contribution in [-0.2, 0) is 6.54 Å². The van der Waals surface area contributed by atoms with Crippen LogP contribution in [0.5, 0.6) is 0 Å². The molecule has 0 amide bonds. The van der Waals surface area contributed by atoms with Gasteiger partial charge in [-0.2, -0.15) is 0 Å². The van der Waals surface area contributed by atoms with Crippen LogP contribution in [0.2, 0.25) is 0 Å². The molecule has 0 aliphatic heterocycles. The summed E-state index contributed by atoms with van der Waals surface area (Å²) < 4.78 is 12.9. The van der Waals surface area contributed by atoms with Crippen LogP contribution >= 0.6 is 11.3 Å². The van der Waals surface area contributed by atoms with E-state index in [-0.39, 0.29) is 5.82 Å². The SMILES string of the molecule is NCc1cnc(-c2cccc(F)c2)s1. The largest absolute Gasteiger partial charge is 0.326 e. The highest BCUT2D eigenvalue weighted by Gasteiger charge is 2.03. The van der Waals surface area contributed by atoms with E-state index >= 15 is 0 Å². The summed E-state index contributed by atoms with van der Waals surface area (Å²) in [6.45, 7) is 0.479. The number of benzene rings is 1. The van der Waals surface area contributed by atoms with E-state index in [1.165, 1.54) is 23.5 Å². The van der Waals surface area contributed by atoms with Gasteiger partial charge >= 0.3 is 0 Å². The van der Waals surface area contributed by atoms with E-state index < -0.39 is 0 Å². The Kier molecular flexibility index (Phi) is 2.56. The van der Waals surface area contributed by atoms with Gasteiger partial charge in [0, 0.05) is 23.2 Å². The molecule has 0 saturated carbocycles. The first-order valence-corrected chi connectivity index (χ1v) is 5.02. The fourth-order valence-corrected chi connectivity index (χ4v) is 1.94. The molecule has 1 aromatic carbocycles. The fraction of sp³-hybridized carbons (Fsp3) is 0.100. The Morgan fingerprint density at radius 3 is 2.93 bits per heavy atom. The zero-order valence-electron chi connectivity index (χ0n) is 7.40. The summed E-state index contributed by atoms with van der Waals surface area (Å²) in [7, 11) is 0. The first-order valence-electron chi connectivity index (χ1n) is 4.20. The van der Waals surface area contributed by atoms with Gasteiger partial charge < -0.3 is 5.73 Å². The summed E-state index contributed by atoms with van der Waals surface area (Å²) in [6, 6.07) is 6.40. The van der Waals surface area contributed by atoms with Crippen LogP contribution in [0.1, 0.15) is 4.88 Å². The number of aromatic nitrogens is 1. The molecule has 0 aliphatic carbocycles. The predicted octanol–water partition coefficient (Wildman–Crippen LogP) is 2.41. The molecule has 14 heavy (non-hydrogen) atoms. The van der Waals surface area contributed by atoms with Gasteiger partial charge in [-0.3, -0.25) is 0 Å². The van der Waals surface area contributed by atoms with Gasteiger partial charge in [-0.15, -0.1) is 11.3 Å². The molecule has 0 aliphatic rings. The summed E-state index contributed by atoms with van der Waals surface area (Å²) >= 11 is 1.49. The van der Waals surface area contributed by atoms with E-state index in [0.29, 0.717) is 6.54 Å². The standard InChI is InChI=1S/C10H9FN2S/c11-8-3-1-2-7(4-8)10-13-6-9(5-12)14-10/h1-4,6H,5,12H2. The quantitative estimate of drug-likeness (QED) is 0.823. The van der Waals surface area contributed by atoms with Crippen LogP contribution in [0.3, 0.4) is 0 Å². The number of hydrogen-bond acceptors (Lipinski definition) is 3. The normalized spacial score (nSPS) is 10.4. The summed E-state index contributed by atoms with van der Waals surface area (Å²) in [4.78, 5) is 5.17. The molecule has 0 atom stereocenters. The second-order valence-corrected chi connectivity index (χ2v) is 3.96. The molecule has 0 fully saturated rings. The van der Waals surface area contributed by atoms with Crippen LogP contribution in [0.4, 0.5) is 4.39 Å². The highest BCUT2D eigenvalue weighted by molar-refractivity contribution is 7.15. The van der Waals surface area contributed by atoms with Gasteiger partial charge in [-0.05, 0) is 12.1 Å². The van der Waals surface area contributed by atoms with Crippen LogP contribution in [0.15, 0.2) is 30.5 Å². The molecule has 2 nitrogen and oxygen atoms in total. The van der Waals surface area contributed by atoms with E-state index in [4.69, 9.17) is 5.73 Å². The third-order valence-electron chi connectivity index (χ3n) is 1.83. The molecule has 0 bridgehead atoms. The van der Waals surface area contributed by atoms with Crippen molar-refractivity contribution in [2.45, 2.75) is 6.54 Å². The smallest absolute Gasteiger partial charge is 0.123 e. The molecule has 0 radical (unpaired) electrons. The molecule has 1 aromatic heterocycles. The van der Waals surface area contributed by atoms with Gasteiger partial charge in [-0.25, -0.2) is 9.37 Å². The number of rotatable bonds is 2. The molecule has 2 rings (SSSR count). The third-order valence-corrected chi connectivity index (χ3v) is 2.90. The molecule has 72 valence electrons. The molecular weight excluding hydrogens is 199 g/mol. The van der Waals surface area contributed by atoms with Gasteiger partial charge in [0.05, 0.1) is 0 Å². The number of nitrogens with zero attached hydrogens (tertiary/aromatic N) is 1. The fourth-order valence-electron chi connectivity index (χ4n) is 1.16. The zero-order valence-corrected chi connectivity index (χ0v) is 8.22. The van der Waals surface area contributed by atoms with Crippen molar-refractivity contribution in [3.63, 3.8) is 0 Å². The number of hydrogen-bond donors (Lipinski definition) is 1. The molecule has 2 N–H and O–H groups in total. The molecular formula is C10H9FN2S. The number of thiazole rings is 1. The number of nitrogens with two attached hydrogens (primary N) is 1. The van der Waals surface area contributed by atoms with Gasteiger partial charge in [-0.1, -0.05) is 12.1 Å². The third kappa shape index (κ3) is 1.81. The Labute approximate surface area is 85.2 Å². The molecule has 1 heterocycles. The van der Waals surface area contributed by atoms with Crippen LogP contribution in [0.25, 0.3) is 10.6 Å². The molecule has 0 unspecified atom stereocenters. The first kappa shape index (κ1) is 9.30. The maximum absolute atomic E-state index is 12.9. The van der Waals surface area contributed by atoms with Crippen molar-refractivity contribution in [2.75, 3.05) is 0 Å². The topological polar surface area (TPSA) is 38.9 Å². The van der Waals surface area contributed by atoms with Gasteiger partial charge in [0.25, 0.3) is 0 Å². The van der Waals surface area contributed by atoms with Gasteiger partial charge in [0.1, 0.15) is 10.8 Å². The minimum Gasteiger partial charge on any atom is -0.326 e. The van der Waals surface area contributed by atoms with E-state index in [9.17, 15) is 4.39 Å². The molecule has 0 spiro atoms. The summed E-state index contributed by atoms with van der Waals surface area (Å²) in [6.07, 6.45) is 1.73. The molecule has 4 heteroatoms. The lowest BCUT2D eigenvalue weighted by atomic mass is 10.2. The minimum atomic E-state index is -0.244. The second kappa shape index (κ2) is 3.86. The first-order chi connectivity index (χ1) is 6.79. The van der Waals surface area contributed by atoms with E-state index in [2.05, 4.69) is 4.98 Å². The van der Waals surface area contributed by atoms with Gasteiger partial charge in [0.15, 0.2) is 0 Å². The average Bonchev–Trinajstić information content (AvgIpc) is 2.66. The minimum absolute atomic E-state index is 0.244. The van der Waals surface area contributed by atoms with Crippen molar-refractivity contribution in [3.8, 4) is 10.6 Å². The van der Waals surface area contributed by atoms with Crippen molar-refractivity contribution < 1.29 is 4.39 Å². The second-order valence-electron chi connectivity index (χ2n) is 2.85. The zero-order chi connectivity index (χ0) is 9.97. The van der Waals surface area contributed by atoms with Crippen molar-refractivity contribution in [3.05, 3.63) is 41.2 Å². The van der Waals surface area contributed by atoms with Crippen molar-refractivity contribution in [2.24, 2.45) is 5.73 Å². The summed E-state index contributed by atoms with van der Waals surface area (Å²) in [5.41, 5.74) is 6.27. The molecule has 2 aromatic rings. The van der Waals surface area contributed by atoms with Crippen LogP contribution in [0, 0.1) is 5.82 Å². The van der Waals surface area contributed by atoms with E-state index in [1.54, 1.807) is 12.3 Å². The highest BCUT2D eigenvalue weighted by atomic mass is 32.1. The van der Waals surface area contributed by atoms with Gasteiger partial charge in [0.2, 0.25) is 0 Å². The number of halogens is 1. The van der Waals surface area contributed by atoms with E-state index in [0.717, 1.165) is 15.4 Å². The van der Waals surface area contributed by atoms with E-state index in [1.807, 2.05) is 6.07 Å². The Bertz CT molecular complexity index is 439. The average molecular weight is 208 g/mol. The van der Waals surface area contributed by atoms with Crippen LogP contribution in [-0.4, -0.2) is 4.98 Å². The Balaban J connectivity index is 2.39. The Hall–Kier alpha value is -1.26. The van der Waals surface area contributed by atoms with Crippen molar-refractivity contribution >= 4 is 11.3 Å². The lowest BCUT2D eigenvalue weighted by Crippen LogP contribution is -1.91. The van der Waals surface area contributed by atoms with Crippen molar-refractivity contribution in [1.82, 2.24) is 4.98 Å². The molecule has 0 saturated heterocycles. The Morgan fingerprint density at radius 1 is 1.43 bits per heavy atom. The lowest BCUT2D eigenvalue weighted by Gasteiger charge is -1.94. The highest BCUT2D eigenvalue weighted by Crippen LogP contribution is 2.25. The predicted molar refractivity (Wildman–Crippen MR) is 55.4 cm³/mol.